The van der Waals surface area contributed by atoms with Crippen LogP contribution in [0.1, 0.15) is 37.3 Å². The van der Waals surface area contributed by atoms with Crippen LogP contribution in [-0.2, 0) is 11.2 Å². The highest BCUT2D eigenvalue weighted by Crippen LogP contribution is 2.39. The zero-order chi connectivity index (χ0) is 18.8. The van der Waals surface area contributed by atoms with Crippen molar-refractivity contribution in [3.63, 3.8) is 0 Å². The molecule has 0 unspecified atom stereocenters. The molecule has 0 radical (unpaired) electrons. The first kappa shape index (κ1) is 18.6. The zero-order valence-corrected chi connectivity index (χ0v) is 16.0. The Bertz CT molecular complexity index is 940. The fourth-order valence-corrected chi connectivity index (χ4v) is 3.50. The Balaban J connectivity index is 1.89. The molecule has 1 aromatic heterocycles. The van der Waals surface area contributed by atoms with Gasteiger partial charge in [0.15, 0.2) is 5.75 Å². The molecular weight excluding hydrogens is 373 g/mol. The molecule has 3 rings (SSSR count). The number of hydrogen-bond acceptors (Lipinski definition) is 2. The van der Waals surface area contributed by atoms with Crippen molar-refractivity contribution >= 4 is 40.1 Å². The van der Waals surface area contributed by atoms with Gasteiger partial charge in [0.2, 0.25) is 0 Å². The summed E-state index contributed by atoms with van der Waals surface area (Å²) in [7, 11) is 0. The number of fused-ring (bicyclic) bond motifs is 1. The van der Waals surface area contributed by atoms with Gasteiger partial charge in [-0.2, -0.15) is 0 Å². The van der Waals surface area contributed by atoms with Crippen molar-refractivity contribution in [2.24, 2.45) is 0 Å². The predicted molar refractivity (Wildman–Crippen MR) is 105 cm³/mol. The van der Waals surface area contributed by atoms with E-state index >= 15 is 0 Å². The first-order valence-corrected chi connectivity index (χ1v) is 9.09. The molecule has 0 saturated heterocycles. The number of carboxylic acids is 1. The zero-order valence-electron chi connectivity index (χ0n) is 14.5. The van der Waals surface area contributed by atoms with Gasteiger partial charge in [-0.15, -0.1) is 0 Å². The fraction of sp³-hybridized carbons (Fsp3) is 0.250. The number of aromatic amines is 1. The number of H-pyrrole nitrogens is 1. The molecule has 0 aliphatic carbocycles. The average molecular weight is 392 g/mol. The van der Waals surface area contributed by atoms with Gasteiger partial charge in [0.25, 0.3) is 0 Å². The number of aryl methyl sites for hydroxylation is 1. The maximum absolute atomic E-state index is 10.7. The predicted octanol–water partition coefficient (Wildman–Crippen LogP) is 6.41. The number of aliphatic carboxylic acids is 1. The fourth-order valence-electron chi connectivity index (χ4n) is 2.89. The lowest BCUT2D eigenvalue weighted by Crippen LogP contribution is -1.98. The van der Waals surface area contributed by atoms with Crippen molar-refractivity contribution in [1.82, 2.24) is 4.98 Å². The van der Waals surface area contributed by atoms with Gasteiger partial charge in [-0.3, -0.25) is 4.79 Å². The molecule has 26 heavy (non-hydrogen) atoms. The smallest absolute Gasteiger partial charge is 0.303 e. The molecule has 0 fully saturated rings. The van der Waals surface area contributed by atoms with E-state index in [-0.39, 0.29) is 6.42 Å². The third-order valence-corrected chi connectivity index (χ3v) is 4.77. The minimum atomic E-state index is -0.863. The van der Waals surface area contributed by atoms with Gasteiger partial charge in [-0.25, -0.2) is 0 Å². The molecule has 2 N–H and O–H groups in total. The molecule has 3 aromatic rings. The molecule has 6 heteroatoms. The van der Waals surface area contributed by atoms with E-state index in [2.05, 4.69) is 18.8 Å². The number of ether oxygens (including phenoxy) is 1. The van der Waals surface area contributed by atoms with E-state index in [0.717, 1.165) is 16.5 Å². The van der Waals surface area contributed by atoms with Crippen LogP contribution in [0.4, 0.5) is 0 Å². The van der Waals surface area contributed by atoms with E-state index in [9.17, 15) is 4.79 Å². The summed E-state index contributed by atoms with van der Waals surface area (Å²) in [5.74, 6) is 0.535. The summed E-state index contributed by atoms with van der Waals surface area (Å²) in [5.41, 5.74) is 3.02. The summed E-state index contributed by atoms with van der Waals surface area (Å²) in [4.78, 5) is 14.0. The minimum Gasteiger partial charge on any atom is -0.481 e. The number of halogens is 2. The molecule has 0 bridgehead atoms. The third kappa shape index (κ3) is 3.97. The molecule has 0 amide bonds. The summed E-state index contributed by atoms with van der Waals surface area (Å²) in [5, 5.41) is 10.6. The number of carbonyl (C=O) groups is 1. The van der Waals surface area contributed by atoms with Crippen molar-refractivity contribution in [1.29, 1.82) is 0 Å². The number of rotatable bonds is 6. The van der Waals surface area contributed by atoms with E-state index in [4.69, 9.17) is 33.0 Å². The first-order chi connectivity index (χ1) is 12.3. The largest absolute Gasteiger partial charge is 0.481 e. The van der Waals surface area contributed by atoms with Crippen molar-refractivity contribution in [2.75, 3.05) is 0 Å². The number of hydrogen-bond donors (Lipinski definition) is 2. The Hall–Kier alpha value is -2.17. The molecular formula is C20H19Cl2NO3. The van der Waals surface area contributed by atoms with Crippen LogP contribution in [-0.4, -0.2) is 16.1 Å². The molecule has 0 aliphatic heterocycles. The standard InChI is InChI=1S/C20H19Cl2NO3/c1-11(2)15-10-23-18-5-4-13(9-14(15)18)26-20-16(21)7-12(8-17(20)22)3-6-19(24)25/h4-5,7-11,23H,3,6H2,1-2H3,(H,24,25). The highest BCUT2D eigenvalue weighted by molar-refractivity contribution is 6.37. The molecule has 1 heterocycles. The maximum Gasteiger partial charge on any atom is 0.303 e. The summed E-state index contributed by atoms with van der Waals surface area (Å²) in [6, 6.07) is 9.17. The van der Waals surface area contributed by atoms with Gasteiger partial charge in [0, 0.05) is 23.5 Å². The van der Waals surface area contributed by atoms with E-state index in [1.165, 1.54) is 5.56 Å². The van der Waals surface area contributed by atoms with Crippen LogP contribution in [0.15, 0.2) is 36.5 Å². The maximum atomic E-state index is 10.7. The Morgan fingerprint density at radius 3 is 2.50 bits per heavy atom. The van der Waals surface area contributed by atoms with E-state index in [0.29, 0.717) is 33.9 Å². The van der Waals surface area contributed by atoms with Crippen molar-refractivity contribution in [3.8, 4) is 11.5 Å². The second kappa shape index (κ2) is 7.60. The summed E-state index contributed by atoms with van der Waals surface area (Å²) in [6.45, 7) is 4.28. The Morgan fingerprint density at radius 1 is 1.19 bits per heavy atom. The number of aromatic nitrogens is 1. The van der Waals surface area contributed by atoms with Gasteiger partial charge < -0.3 is 14.8 Å². The Labute approximate surface area is 161 Å². The van der Waals surface area contributed by atoms with Gasteiger partial charge in [-0.1, -0.05) is 37.0 Å². The summed E-state index contributed by atoms with van der Waals surface area (Å²) in [6.07, 6.45) is 2.40. The molecule has 0 spiro atoms. The first-order valence-electron chi connectivity index (χ1n) is 8.33. The summed E-state index contributed by atoms with van der Waals surface area (Å²) >= 11 is 12.6. The average Bonchev–Trinajstić information content (AvgIpc) is 2.99. The molecule has 0 atom stereocenters. The van der Waals surface area contributed by atoms with Crippen LogP contribution in [0.25, 0.3) is 10.9 Å². The SMILES string of the molecule is CC(C)c1c[nH]c2ccc(Oc3c(Cl)cc(CCC(=O)O)cc3Cl)cc12. The normalized spacial score (nSPS) is 11.3. The number of nitrogens with one attached hydrogen (secondary N) is 1. The Morgan fingerprint density at radius 2 is 1.88 bits per heavy atom. The van der Waals surface area contributed by atoms with Crippen molar-refractivity contribution in [2.45, 2.75) is 32.6 Å². The second-order valence-corrected chi connectivity index (χ2v) is 7.30. The quantitative estimate of drug-likeness (QED) is 0.510. The number of carboxylic acid groups (broad SMARTS) is 1. The van der Waals surface area contributed by atoms with Crippen LogP contribution in [0, 0.1) is 0 Å². The molecule has 2 aromatic carbocycles. The topological polar surface area (TPSA) is 62.3 Å². The van der Waals surface area contributed by atoms with Gasteiger partial charge in [-0.05, 0) is 53.8 Å². The molecule has 0 aliphatic rings. The van der Waals surface area contributed by atoms with Crippen molar-refractivity contribution < 1.29 is 14.6 Å². The van der Waals surface area contributed by atoms with Gasteiger partial charge in [0.1, 0.15) is 5.75 Å². The summed E-state index contributed by atoms with van der Waals surface area (Å²) < 4.78 is 5.94. The molecule has 136 valence electrons. The number of benzene rings is 2. The van der Waals surface area contributed by atoms with E-state index in [1.807, 2.05) is 24.4 Å². The van der Waals surface area contributed by atoms with Crippen LogP contribution < -0.4 is 4.74 Å². The van der Waals surface area contributed by atoms with Crippen LogP contribution in [0.2, 0.25) is 10.0 Å². The van der Waals surface area contributed by atoms with Crippen LogP contribution >= 0.6 is 23.2 Å². The molecule has 0 saturated carbocycles. The van der Waals surface area contributed by atoms with Gasteiger partial charge in [0.05, 0.1) is 10.0 Å². The van der Waals surface area contributed by atoms with Crippen LogP contribution in [0.3, 0.4) is 0 Å². The Kier molecular flexibility index (Phi) is 5.44. The molecule has 4 nitrogen and oxygen atoms in total. The highest BCUT2D eigenvalue weighted by Gasteiger charge is 2.14. The van der Waals surface area contributed by atoms with E-state index in [1.54, 1.807) is 12.1 Å². The monoisotopic (exact) mass is 391 g/mol. The van der Waals surface area contributed by atoms with Crippen molar-refractivity contribution in [3.05, 3.63) is 57.7 Å². The van der Waals surface area contributed by atoms with Crippen LogP contribution in [0.5, 0.6) is 11.5 Å². The lowest BCUT2D eigenvalue weighted by Gasteiger charge is -2.12. The minimum absolute atomic E-state index is 0.0228. The lowest BCUT2D eigenvalue weighted by molar-refractivity contribution is -0.136. The van der Waals surface area contributed by atoms with Gasteiger partial charge >= 0.3 is 5.97 Å². The second-order valence-electron chi connectivity index (χ2n) is 6.49. The highest BCUT2D eigenvalue weighted by atomic mass is 35.5. The third-order valence-electron chi connectivity index (χ3n) is 4.21. The lowest BCUT2D eigenvalue weighted by atomic mass is 10.0. The van der Waals surface area contributed by atoms with E-state index < -0.39 is 5.97 Å².